The number of morpholine rings is 1. The van der Waals surface area contributed by atoms with Gasteiger partial charge in [0.2, 0.25) is 15.9 Å². The summed E-state index contributed by atoms with van der Waals surface area (Å²) in [7, 11) is -3.55. The number of sulfonamides is 1. The number of benzene rings is 1. The molecule has 2 rings (SSSR count). The third kappa shape index (κ3) is 4.31. The van der Waals surface area contributed by atoms with E-state index in [4.69, 9.17) is 4.74 Å². The van der Waals surface area contributed by atoms with Crippen LogP contribution in [0.3, 0.4) is 0 Å². The number of hydrogen-bond acceptors (Lipinski definition) is 4. The monoisotopic (exact) mass is 340 g/mol. The van der Waals surface area contributed by atoms with Crippen molar-refractivity contribution in [3.8, 4) is 0 Å². The molecule has 7 heteroatoms. The van der Waals surface area contributed by atoms with E-state index in [0.29, 0.717) is 18.8 Å². The molecule has 1 saturated heterocycles. The van der Waals surface area contributed by atoms with Gasteiger partial charge in [-0.15, -0.1) is 0 Å². The average molecular weight is 340 g/mol. The van der Waals surface area contributed by atoms with Gasteiger partial charge in [0.25, 0.3) is 0 Å². The summed E-state index contributed by atoms with van der Waals surface area (Å²) in [5.74, 6) is -0.230. The van der Waals surface area contributed by atoms with E-state index in [1.807, 2.05) is 13.8 Å². The first-order valence-corrected chi connectivity index (χ1v) is 9.20. The predicted octanol–water partition coefficient (Wildman–Crippen LogP) is 2.08. The second-order valence-electron chi connectivity index (χ2n) is 6.25. The SMILES string of the molecule is CC1CN(S(=O)(=O)c2ccc(NC(=O)C(C)C)cc2)CC(C)O1. The minimum atomic E-state index is -3.55. The van der Waals surface area contributed by atoms with E-state index in [1.165, 1.54) is 16.4 Å². The van der Waals surface area contributed by atoms with Crippen LogP contribution in [-0.2, 0) is 19.6 Å². The molecule has 0 spiro atoms. The molecule has 1 fully saturated rings. The van der Waals surface area contributed by atoms with Crippen molar-refractivity contribution < 1.29 is 17.9 Å². The van der Waals surface area contributed by atoms with Crippen LogP contribution in [0.4, 0.5) is 5.69 Å². The second-order valence-corrected chi connectivity index (χ2v) is 8.19. The fourth-order valence-electron chi connectivity index (χ4n) is 2.47. The van der Waals surface area contributed by atoms with E-state index in [0.717, 1.165) is 0 Å². The molecule has 2 unspecified atom stereocenters. The summed E-state index contributed by atoms with van der Waals surface area (Å²) >= 11 is 0. The highest BCUT2D eigenvalue weighted by atomic mass is 32.2. The van der Waals surface area contributed by atoms with Crippen LogP contribution in [0.15, 0.2) is 29.2 Å². The summed E-state index contributed by atoms with van der Waals surface area (Å²) in [4.78, 5) is 11.9. The van der Waals surface area contributed by atoms with Gasteiger partial charge in [-0.2, -0.15) is 4.31 Å². The number of nitrogens with zero attached hydrogens (tertiary/aromatic N) is 1. The van der Waals surface area contributed by atoms with Crippen LogP contribution in [0, 0.1) is 5.92 Å². The Morgan fingerprint density at radius 1 is 1.17 bits per heavy atom. The van der Waals surface area contributed by atoms with E-state index in [-0.39, 0.29) is 28.9 Å². The van der Waals surface area contributed by atoms with Crippen LogP contribution in [-0.4, -0.2) is 43.9 Å². The molecule has 128 valence electrons. The Morgan fingerprint density at radius 3 is 2.17 bits per heavy atom. The van der Waals surface area contributed by atoms with Crippen molar-refractivity contribution in [1.82, 2.24) is 4.31 Å². The lowest BCUT2D eigenvalue weighted by molar-refractivity contribution is -0.118. The molecule has 0 saturated carbocycles. The van der Waals surface area contributed by atoms with Gasteiger partial charge in [-0.25, -0.2) is 8.42 Å². The fraction of sp³-hybridized carbons (Fsp3) is 0.562. The van der Waals surface area contributed by atoms with Gasteiger partial charge >= 0.3 is 0 Å². The molecule has 1 aromatic rings. The van der Waals surface area contributed by atoms with Gasteiger partial charge in [-0.05, 0) is 38.1 Å². The Kier molecular flexibility index (Phi) is 5.44. The van der Waals surface area contributed by atoms with E-state index < -0.39 is 10.0 Å². The quantitative estimate of drug-likeness (QED) is 0.910. The molecular formula is C16H24N2O4S. The van der Waals surface area contributed by atoms with Crippen LogP contribution in [0.5, 0.6) is 0 Å². The molecule has 2 atom stereocenters. The van der Waals surface area contributed by atoms with E-state index in [2.05, 4.69) is 5.32 Å². The number of nitrogens with one attached hydrogen (secondary N) is 1. The zero-order valence-electron chi connectivity index (χ0n) is 13.9. The fourth-order valence-corrected chi connectivity index (χ4v) is 4.06. The third-order valence-electron chi connectivity index (χ3n) is 3.67. The summed E-state index contributed by atoms with van der Waals surface area (Å²) in [6, 6.07) is 6.27. The van der Waals surface area contributed by atoms with E-state index in [1.54, 1.807) is 26.0 Å². The van der Waals surface area contributed by atoms with Crippen molar-refractivity contribution >= 4 is 21.6 Å². The first-order valence-electron chi connectivity index (χ1n) is 7.76. The third-order valence-corrected chi connectivity index (χ3v) is 5.52. The highest BCUT2D eigenvalue weighted by molar-refractivity contribution is 7.89. The summed E-state index contributed by atoms with van der Waals surface area (Å²) in [5, 5.41) is 2.75. The van der Waals surface area contributed by atoms with Gasteiger partial charge < -0.3 is 10.1 Å². The van der Waals surface area contributed by atoms with Gasteiger partial charge in [0, 0.05) is 24.7 Å². The Balaban J connectivity index is 2.16. The van der Waals surface area contributed by atoms with Crippen LogP contribution in [0.25, 0.3) is 0 Å². The van der Waals surface area contributed by atoms with Gasteiger partial charge in [0.1, 0.15) is 0 Å². The van der Waals surface area contributed by atoms with Gasteiger partial charge in [-0.1, -0.05) is 13.8 Å². The second kappa shape index (κ2) is 6.98. The molecule has 1 aromatic carbocycles. The highest BCUT2D eigenvalue weighted by Gasteiger charge is 2.32. The summed E-state index contributed by atoms with van der Waals surface area (Å²) in [6.45, 7) is 8.02. The number of anilines is 1. The Hall–Kier alpha value is -1.44. The maximum atomic E-state index is 12.7. The lowest BCUT2D eigenvalue weighted by atomic mass is 10.2. The topological polar surface area (TPSA) is 75.7 Å². The normalized spacial score (nSPS) is 23.0. The molecule has 6 nitrogen and oxygen atoms in total. The summed E-state index contributed by atoms with van der Waals surface area (Å²) in [6.07, 6.45) is -0.253. The standard InChI is InChI=1S/C16H24N2O4S/c1-11(2)16(19)17-14-5-7-15(8-6-14)23(20,21)18-9-12(3)22-13(4)10-18/h5-8,11-13H,9-10H2,1-4H3,(H,17,19). The largest absolute Gasteiger partial charge is 0.373 e. The van der Waals surface area contributed by atoms with Gasteiger partial charge in [-0.3, -0.25) is 4.79 Å². The molecular weight excluding hydrogens is 316 g/mol. The molecule has 0 radical (unpaired) electrons. The van der Waals surface area contributed by atoms with Crippen LogP contribution < -0.4 is 5.32 Å². The minimum Gasteiger partial charge on any atom is -0.373 e. The highest BCUT2D eigenvalue weighted by Crippen LogP contribution is 2.22. The first-order chi connectivity index (χ1) is 10.7. The molecule has 1 aliphatic heterocycles. The Bertz CT molecular complexity index is 645. The number of rotatable bonds is 4. The molecule has 0 aromatic heterocycles. The van der Waals surface area contributed by atoms with Crippen molar-refractivity contribution in [3.05, 3.63) is 24.3 Å². The van der Waals surface area contributed by atoms with Crippen LogP contribution >= 0.6 is 0 Å². The predicted molar refractivity (Wildman–Crippen MR) is 88.7 cm³/mol. The zero-order valence-corrected chi connectivity index (χ0v) is 14.8. The summed E-state index contributed by atoms with van der Waals surface area (Å²) in [5.41, 5.74) is 0.589. The molecule has 0 bridgehead atoms. The van der Waals surface area contributed by atoms with E-state index >= 15 is 0 Å². The molecule has 23 heavy (non-hydrogen) atoms. The number of carbonyl (C=O) groups is 1. The molecule has 1 heterocycles. The maximum Gasteiger partial charge on any atom is 0.243 e. The molecule has 1 amide bonds. The van der Waals surface area contributed by atoms with Crippen LogP contribution in [0.1, 0.15) is 27.7 Å². The number of carbonyl (C=O) groups excluding carboxylic acids is 1. The Labute approximate surface area is 137 Å². The lowest BCUT2D eigenvalue weighted by Gasteiger charge is -2.34. The zero-order chi connectivity index (χ0) is 17.2. The van der Waals surface area contributed by atoms with Gasteiger partial charge in [0.15, 0.2) is 0 Å². The average Bonchev–Trinajstić information content (AvgIpc) is 2.46. The smallest absolute Gasteiger partial charge is 0.243 e. The molecule has 1 N–H and O–H groups in total. The first kappa shape index (κ1) is 17.9. The minimum absolute atomic E-state index is 0.101. The molecule has 0 aliphatic carbocycles. The van der Waals surface area contributed by atoms with Crippen molar-refractivity contribution in [2.24, 2.45) is 5.92 Å². The summed E-state index contributed by atoms with van der Waals surface area (Å²) < 4.78 is 32.4. The van der Waals surface area contributed by atoms with Crippen LogP contribution in [0.2, 0.25) is 0 Å². The molecule has 1 aliphatic rings. The number of amides is 1. The van der Waals surface area contributed by atoms with Crippen molar-refractivity contribution in [2.75, 3.05) is 18.4 Å². The lowest BCUT2D eigenvalue weighted by Crippen LogP contribution is -2.48. The number of hydrogen-bond donors (Lipinski definition) is 1. The van der Waals surface area contributed by atoms with Crippen molar-refractivity contribution in [2.45, 2.75) is 44.8 Å². The van der Waals surface area contributed by atoms with Gasteiger partial charge in [0.05, 0.1) is 17.1 Å². The number of ether oxygens (including phenoxy) is 1. The van der Waals surface area contributed by atoms with Crippen molar-refractivity contribution in [3.63, 3.8) is 0 Å². The maximum absolute atomic E-state index is 12.7. The Morgan fingerprint density at radius 2 is 1.70 bits per heavy atom. The van der Waals surface area contributed by atoms with Crippen molar-refractivity contribution in [1.29, 1.82) is 0 Å². The van der Waals surface area contributed by atoms with E-state index in [9.17, 15) is 13.2 Å².